The van der Waals surface area contributed by atoms with Crippen LogP contribution in [0.25, 0.3) is 6.08 Å². The van der Waals surface area contributed by atoms with Crippen LogP contribution in [0.5, 0.6) is 0 Å². The first kappa shape index (κ1) is 14.6. The molecule has 0 saturated heterocycles. The number of anilines is 1. The normalized spacial score (nSPS) is 16.3. The Morgan fingerprint density at radius 1 is 1.15 bits per heavy atom. The third-order valence-electron chi connectivity index (χ3n) is 3.79. The molecule has 0 aliphatic heterocycles. The van der Waals surface area contributed by atoms with Crippen molar-refractivity contribution in [3.05, 3.63) is 35.9 Å². The van der Waals surface area contributed by atoms with Gasteiger partial charge in [-0.1, -0.05) is 31.4 Å². The summed E-state index contributed by atoms with van der Waals surface area (Å²) < 4.78 is 0. The van der Waals surface area contributed by atoms with E-state index in [4.69, 9.17) is 0 Å². The molecule has 3 heteroatoms. The van der Waals surface area contributed by atoms with Crippen molar-refractivity contribution in [2.75, 3.05) is 19.0 Å². The zero-order valence-electron chi connectivity index (χ0n) is 12.4. The Kier molecular flexibility index (Phi) is 5.22. The van der Waals surface area contributed by atoms with Crippen LogP contribution >= 0.6 is 0 Å². The summed E-state index contributed by atoms with van der Waals surface area (Å²) in [6, 6.07) is 8.54. The van der Waals surface area contributed by atoms with E-state index in [0.29, 0.717) is 6.04 Å². The van der Waals surface area contributed by atoms with E-state index in [-0.39, 0.29) is 5.91 Å². The number of carbonyl (C=O) groups excluding carboxylic acids is 1. The predicted octanol–water partition coefficient (Wildman–Crippen LogP) is 3.21. The second-order valence-corrected chi connectivity index (χ2v) is 5.66. The molecule has 0 heterocycles. The van der Waals surface area contributed by atoms with Crippen molar-refractivity contribution in [1.82, 2.24) is 5.32 Å². The third kappa shape index (κ3) is 4.41. The topological polar surface area (TPSA) is 32.3 Å². The van der Waals surface area contributed by atoms with Gasteiger partial charge in [0.2, 0.25) is 5.91 Å². The van der Waals surface area contributed by atoms with Crippen LogP contribution in [0.4, 0.5) is 5.69 Å². The summed E-state index contributed by atoms with van der Waals surface area (Å²) in [6.45, 7) is 0. The van der Waals surface area contributed by atoms with Crippen LogP contribution in [-0.4, -0.2) is 26.0 Å². The maximum atomic E-state index is 11.9. The average Bonchev–Trinajstić information content (AvgIpc) is 2.46. The number of hydrogen-bond donors (Lipinski definition) is 1. The third-order valence-corrected chi connectivity index (χ3v) is 3.79. The first-order valence-electron chi connectivity index (χ1n) is 7.41. The summed E-state index contributed by atoms with van der Waals surface area (Å²) in [5, 5.41) is 3.08. The Balaban J connectivity index is 1.86. The molecule has 1 aliphatic rings. The zero-order valence-corrected chi connectivity index (χ0v) is 12.4. The van der Waals surface area contributed by atoms with E-state index in [1.165, 1.54) is 19.3 Å². The summed E-state index contributed by atoms with van der Waals surface area (Å²) in [6.07, 6.45) is 9.53. The first-order valence-corrected chi connectivity index (χ1v) is 7.41. The number of benzene rings is 1. The lowest BCUT2D eigenvalue weighted by molar-refractivity contribution is -0.117. The maximum absolute atomic E-state index is 11.9. The van der Waals surface area contributed by atoms with E-state index in [1.807, 2.05) is 32.3 Å². The Bertz CT molecular complexity index is 456. The van der Waals surface area contributed by atoms with Crippen molar-refractivity contribution in [2.45, 2.75) is 38.1 Å². The minimum absolute atomic E-state index is 0.0218. The van der Waals surface area contributed by atoms with Crippen molar-refractivity contribution in [1.29, 1.82) is 0 Å². The van der Waals surface area contributed by atoms with Crippen molar-refractivity contribution < 1.29 is 4.79 Å². The molecular formula is C17H24N2O. The van der Waals surface area contributed by atoms with Gasteiger partial charge < -0.3 is 10.2 Å². The fraction of sp³-hybridized carbons (Fsp3) is 0.471. The molecular weight excluding hydrogens is 248 g/mol. The fourth-order valence-corrected chi connectivity index (χ4v) is 2.55. The van der Waals surface area contributed by atoms with Gasteiger partial charge in [0.1, 0.15) is 0 Å². The number of amides is 1. The molecule has 0 bridgehead atoms. The molecule has 0 atom stereocenters. The van der Waals surface area contributed by atoms with Crippen molar-refractivity contribution in [3.8, 4) is 0 Å². The second kappa shape index (κ2) is 7.13. The molecule has 1 fully saturated rings. The summed E-state index contributed by atoms with van der Waals surface area (Å²) in [5.74, 6) is 0.0218. The average molecular weight is 272 g/mol. The highest BCUT2D eigenvalue weighted by molar-refractivity contribution is 5.91. The molecule has 1 amide bonds. The van der Waals surface area contributed by atoms with Gasteiger partial charge >= 0.3 is 0 Å². The van der Waals surface area contributed by atoms with Crippen LogP contribution < -0.4 is 10.2 Å². The summed E-state index contributed by atoms with van der Waals surface area (Å²) in [5.41, 5.74) is 2.21. The van der Waals surface area contributed by atoms with E-state index in [2.05, 4.69) is 22.3 Å². The highest BCUT2D eigenvalue weighted by atomic mass is 16.1. The summed E-state index contributed by atoms with van der Waals surface area (Å²) in [7, 11) is 4.03. The zero-order chi connectivity index (χ0) is 14.4. The van der Waals surface area contributed by atoms with E-state index in [9.17, 15) is 4.79 Å². The molecule has 0 aromatic heterocycles. The van der Waals surface area contributed by atoms with Crippen LogP contribution in [0.3, 0.4) is 0 Å². The van der Waals surface area contributed by atoms with Gasteiger partial charge in [0.25, 0.3) is 0 Å². The maximum Gasteiger partial charge on any atom is 0.244 e. The molecule has 1 N–H and O–H groups in total. The number of nitrogens with zero attached hydrogens (tertiary/aromatic N) is 1. The predicted molar refractivity (Wildman–Crippen MR) is 84.8 cm³/mol. The highest BCUT2D eigenvalue weighted by Crippen LogP contribution is 2.17. The van der Waals surface area contributed by atoms with Gasteiger partial charge in [0.05, 0.1) is 0 Å². The lowest BCUT2D eigenvalue weighted by Crippen LogP contribution is -2.34. The lowest BCUT2D eigenvalue weighted by Gasteiger charge is -2.21. The largest absolute Gasteiger partial charge is 0.378 e. The number of rotatable bonds is 4. The van der Waals surface area contributed by atoms with Crippen LogP contribution in [0, 0.1) is 0 Å². The van der Waals surface area contributed by atoms with Gasteiger partial charge in [0.15, 0.2) is 0 Å². The first-order chi connectivity index (χ1) is 9.65. The van der Waals surface area contributed by atoms with Crippen LogP contribution in [0.1, 0.15) is 37.7 Å². The summed E-state index contributed by atoms with van der Waals surface area (Å²) in [4.78, 5) is 13.9. The minimum atomic E-state index is 0.0218. The molecule has 1 aromatic carbocycles. The van der Waals surface area contributed by atoms with Gasteiger partial charge in [-0.3, -0.25) is 4.79 Å². The monoisotopic (exact) mass is 272 g/mol. The Labute approximate surface area is 121 Å². The Morgan fingerprint density at radius 2 is 1.80 bits per heavy atom. The van der Waals surface area contributed by atoms with Crippen LogP contribution in [0.2, 0.25) is 0 Å². The Morgan fingerprint density at radius 3 is 2.40 bits per heavy atom. The van der Waals surface area contributed by atoms with E-state index in [0.717, 1.165) is 24.1 Å². The molecule has 1 aromatic rings. The molecule has 0 radical (unpaired) electrons. The summed E-state index contributed by atoms with van der Waals surface area (Å²) >= 11 is 0. The van der Waals surface area contributed by atoms with Crippen molar-refractivity contribution in [3.63, 3.8) is 0 Å². The quantitative estimate of drug-likeness (QED) is 0.854. The SMILES string of the molecule is CN(C)c1ccc(C=CC(=O)NC2CCCCC2)cc1. The lowest BCUT2D eigenvalue weighted by atomic mass is 9.95. The van der Waals surface area contributed by atoms with Crippen LogP contribution in [-0.2, 0) is 4.79 Å². The molecule has 0 spiro atoms. The number of hydrogen-bond acceptors (Lipinski definition) is 2. The van der Waals surface area contributed by atoms with E-state index in [1.54, 1.807) is 6.08 Å². The second-order valence-electron chi connectivity index (χ2n) is 5.66. The molecule has 1 aliphatic carbocycles. The van der Waals surface area contributed by atoms with Crippen LogP contribution in [0.15, 0.2) is 30.3 Å². The van der Waals surface area contributed by atoms with Gasteiger partial charge in [-0.2, -0.15) is 0 Å². The molecule has 3 nitrogen and oxygen atoms in total. The van der Waals surface area contributed by atoms with Crippen molar-refractivity contribution in [2.24, 2.45) is 0 Å². The highest BCUT2D eigenvalue weighted by Gasteiger charge is 2.13. The van der Waals surface area contributed by atoms with E-state index < -0.39 is 0 Å². The van der Waals surface area contributed by atoms with Gasteiger partial charge in [-0.05, 0) is 36.6 Å². The molecule has 0 unspecified atom stereocenters. The molecule has 108 valence electrons. The Hall–Kier alpha value is -1.77. The fourth-order valence-electron chi connectivity index (χ4n) is 2.55. The van der Waals surface area contributed by atoms with Gasteiger partial charge in [-0.15, -0.1) is 0 Å². The van der Waals surface area contributed by atoms with Crippen molar-refractivity contribution >= 4 is 17.7 Å². The minimum Gasteiger partial charge on any atom is -0.378 e. The van der Waals surface area contributed by atoms with E-state index >= 15 is 0 Å². The molecule has 1 saturated carbocycles. The number of nitrogens with one attached hydrogen (secondary N) is 1. The molecule has 2 rings (SSSR count). The molecule has 20 heavy (non-hydrogen) atoms. The van der Waals surface area contributed by atoms with Gasteiger partial charge in [-0.25, -0.2) is 0 Å². The standard InChI is InChI=1S/C17H24N2O/c1-19(2)16-11-8-14(9-12-16)10-13-17(20)18-15-6-4-3-5-7-15/h8-13,15H,3-7H2,1-2H3,(H,18,20). The smallest absolute Gasteiger partial charge is 0.244 e. The number of carbonyl (C=O) groups is 1. The van der Waals surface area contributed by atoms with Gasteiger partial charge in [0, 0.05) is 31.9 Å².